The Morgan fingerprint density at radius 2 is 0.252 bits per heavy atom. The summed E-state index contributed by atoms with van der Waals surface area (Å²) in [7, 11) is 1.95. The second kappa shape index (κ2) is 125. The number of amides is 1. The van der Waals surface area contributed by atoms with Gasteiger partial charge in [-0.25, -0.2) is 0 Å². The van der Waals surface area contributed by atoms with Crippen molar-refractivity contribution in [1.82, 2.24) is 4.90 Å². The Bertz CT molecular complexity index is 2130. The van der Waals surface area contributed by atoms with Crippen LogP contribution in [-0.4, -0.2) is 30.2 Å². The van der Waals surface area contributed by atoms with Crippen molar-refractivity contribution in [2.24, 2.45) is 0 Å². The third kappa shape index (κ3) is 121. The molecule has 1 amide bonds. The highest BCUT2D eigenvalue weighted by Gasteiger charge is 2.09. The van der Waals surface area contributed by atoms with E-state index in [0.717, 1.165) is 12.1 Å². The van der Waals surface area contributed by atoms with Gasteiger partial charge in [-0.2, -0.15) is 0 Å². The zero-order chi connectivity index (χ0) is 96.7. The van der Waals surface area contributed by atoms with E-state index in [1.807, 2.05) is 49.2 Å². The standard InChI is InChI=1S/C124H249NO.C8H8O/c1-4-6-7-8-9-10-11-12-13-14-15-16-17-18-19-20-21-22-23-24-25-26-27-28-29-30-31-32-33-34-35-36-37-38-39-40-41-42-43-44-45-46-47-48-49-50-51-52-53-54-55-56-57-58-59-60-61-62-63-64-65-66-67-68-69-70-71-72-73-74-75-76-77-78-79-80-81-82-83-84-85-86-87-88-89-90-91-92-93-94-95-96-97-98-99-100-101-102-103-104-105-106-107-108-109-110-111-112-113-114-115-116-117-118-119-120-121-122-123-125(3)124(126)5-2;1-7(9)8-5-3-2-4-6-8/h4-123H2,1-3H3;2-6H,1H3. The van der Waals surface area contributed by atoms with E-state index in [2.05, 4.69) is 6.92 Å². The maximum atomic E-state index is 11.6. The summed E-state index contributed by atoms with van der Waals surface area (Å²) in [5, 5.41) is 0. The number of nitrogens with zero attached hydrogens (tertiary/aromatic N) is 1. The zero-order valence-corrected chi connectivity index (χ0v) is 94.5. The first-order chi connectivity index (χ1) is 67.0. The van der Waals surface area contributed by atoms with Gasteiger partial charge in [-0.1, -0.05) is 795 Å². The molecule has 0 aromatic heterocycles. The van der Waals surface area contributed by atoms with Crippen LogP contribution >= 0.6 is 0 Å². The molecule has 1 aromatic rings. The van der Waals surface area contributed by atoms with Crippen LogP contribution in [0.4, 0.5) is 0 Å². The SMILES string of the molecule is CC(=O)c1ccccc1.CCCCCCCCCCCCCCCCCCCCCCCCCCCCCCCCCCCCCCCCCCCCCCCCCCCCCCCCCCCCCCCCCCCCCCCCCCCCCCCCCCCCCCCCCCCCCCCCCCCCCCCCCCCCCCCCCCCCCCCCN(C)C(=O)CC. The van der Waals surface area contributed by atoms with Gasteiger partial charge in [-0.3, -0.25) is 9.59 Å². The van der Waals surface area contributed by atoms with E-state index in [1.54, 1.807) is 6.92 Å². The van der Waals surface area contributed by atoms with Gasteiger partial charge in [0.1, 0.15) is 0 Å². The maximum absolute atomic E-state index is 11.6. The van der Waals surface area contributed by atoms with Gasteiger partial charge in [0.25, 0.3) is 0 Å². The molecule has 0 aliphatic heterocycles. The Kier molecular flexibility index (Phi) is 123. The molecule has 0 aliphatic rings. The molecule has 0 saturated carbocycles. The minimum atomic E-state index is 0.121. The summed E-state index contributed by atoms with van der Waals surface area (Å²) in [6, 6.07) is 9.23. The number of hydrogen-bond acceptors (Lipinski definition) is 2. The number of hydrogen-bond donors (Lipinski definition) is 0. The third-order valence-corrected chi connectivity index (χ3v) is 31.8. The first kappa shape index (κ1) is 133. The Morgan fingerprint density at radius 3 is 0.333 bits per heavy atom. The van der Waals surface area contributed by atoms with Crippen molar-refractivity contribution in [1.29, 1.82) is 0 Å². The summed E-state index contributed by atoms with van der Waals surface area (Å²) < 4.78 is 0. The summed E-state index contributed by atoms with van der Waals surface area (Å²) in [6.45, 7) is 6.78. The normalized spacial score (nSPS) is 11.6. The molecule has 0 heterocycles. The van der Waals surface area contributed by atoms with Gasteiger partial charge in [-0.05, 0) is 13.3 Å². The van der Waals surface area contributed by atoms with Crippen molar-refractivity contribution >= 4 is 11.7 Å². The van der Waals surface area contributed by atoms with E-state index in [9.17, 15) is 9.59 Å². The molecule has 0 atom stereocenters. The van der Waals surface area contributed by atoms with Gasteiger partial charge >= 0.3 is 0 Å². The predicted molar refractivity (Wildman–Crippen MR) is 615 cm³/mol. The van der Waals surface area contributed by atoms with Gasteiger partial charge in [0, 0.05) is 25.6 Å². The van der Waals surface area contributed by atoms with E-state index in [4.69, 9.17) is 0 Å². The summed E-state index contributed by atoms with van der Waals surface area (Å²) in [5.41, 5.74) is 0.775. The van der Waals surface area contributed by atoms with Crippen molar-refractivity contribution in [3.8, 4) is 0 Å². The van der Waals surface area contributed by atoms with Crippen LogP contribution in [0.5, 0.6) is 0 Å². The minimum Gasteiger partial charge on any atom is -0.346 e. The van der Waals surface area contributed by atoms with Crippen LogP contribution in [-0.2, 0) is 4.79 Å². The number of Topliss-reactive ketones (excluding diaryl/α,β-unsaturated/α-hetero) is 1. The summed E-state index contributed by atoms with van der Waals surface area (Å²) >= 11 is 0. The van der Waals surface area contributed by atoms with Crippen LogP contribution in [0.15, 0.2) is 30.3 Å². The molecular formula is C132H257NO2. The monoisotopic (exact) mass is 1890 g/mol. The molecule has 1 aromatic carbocycles. The summed E-state index contributed by atoms with van der Waals surface area (Å²) in [6.07, 6.45) is 176. The van der Waals surface area contributed by atoms with E-state index >= 15 is 0 Å². The lowest BCUT2D eigenvalue weighted by atomic mass is 10.0. The quantitative estimate of drug-likeness (QED) is 0.0481. The summed E-state index contributed by atoms with van der Waals surface area (Å²) in [5.74, 6) is 0.403. The number of benzene rings is 1. The summed E-state index contributed by atoms with van der Waals surface area (Å²) in [4.78, 5) is 24.2. The van der Waals surface area contributed by atoms with Gasteiger partial charge in [0.2, 0.25) is 5.91 Å². The van der Waals surface area contributed by atoms with Crippen LogP contribution in [0.25, 0.3) is 0 Å². The molecule has 1 rings (SSSR count). The molecule has 0 saturated heterocycles. The van der Waals surface area contributed by atoms with Gasteiger partial charge in [0.15, 0.2) is 5.78 Å². The number of carbonyl (C=O) groups is 2. The second-order valence-corrected chi connectivity index (χ2v) is 45.5. The molecule has 0 spiro atoms. The molecule has 0 bridgehead atoms. The average Bonchev–Trinajstić information content (AvgIpc) is 0.939. The molecule has 0 aliphatic carbocycles. The number of rotatable bonds is 121. The fraction of sp³-hybridized carbons (Fsp3) is 0.939. The zero-order valence-electron chi connectivity index (χ0n) is 94.5. The van der Waals surface area contributed by atoms with E-state index < -0.39 is 0 Å². The Hall–Kier alpha value is -1.64. The lowest BCUT2D eigenvalue weighted by Crippen LogP contribution is -2.26. The lowest BCUT2D eigenvalue weighted by Gasteiger charge is -2.15. The average molecular weight is 1890 g/mol. The van der Waals surface area contributed by atoms with Crippen molar-refractivity contribution in [2.75, 3.05) is 13.6 Å². The van der Waals surface area contributed by atoms with Crippen LogP contribution < -0.4 is 0 Å². The Labute approximate surface area is 855 Å². The second-order valence-electron chi connectivity index (χ2n) is 45.5. The van der Waals surface area contributed by atoms with Gasteiger partial charge < -0.3 is 4.90 Å². The Balaban J connectivity index is 0.0000187. The first-order valence-electron chi connectivity index (χ1n) is 64.8. The highest BCUT2D eigenvalue weighted by molar-refractivity contribution is 5.93. The van der Waals surface area contributed by atoms with Crippen molar-refractivity contribution < 1.29 is 9.59 Å². The molecule has 0 fully saturated rings. The molecule has 135 heavy (non-hydrogen) atoms. The molecule has 3 nitrogen and oxygen atoms in total. The van der Waals surface area contributed by atoms with Crippen LogP contribution in [0.2, 0.25) is 0 Å². The molecule has 3 heteroatoms. The fourth-order valence-corrected chi connectivity index (χ4v) is 22.0. The minimum absolute atomic E-state index is 0.121. The first-order valence-corrected chi connectivity index (χ1v) is 64.8. The lowest BCUT2D eigenvalue weighted by molar-refractivity contribution is -0.129. The van der Waals surface area contributed by atoms with Gasteiger partial charge in [-0.15, -0.1) is 0 Å². The highest BCUT2D eigenvalue weighted by atomic mass is 16.2. The molecule has 0 unspecified atom stereocenters. The van der Waals surface area contributed by atoms with E-state index in [-0.39, 0.29) is 11.7 Å². The van der Waals surface area contributed by atoms with Crippen LogP contribution in [0.1, 0.15) is 795 Å². The number of carbonyl (C=O) groups excluding carboxylic acids is 2. The van der Waals surface area contributed by atoms with Crippen molar-refractivity contribution in [3.05, 3.63) is 35.9 Å². The fourth-order valence-electron chi connectivity index (χ4n) is 22.0. The van der Waals surface area contributed by atoms with Crippen LogP contribution in [0, 0.1) is 0 Å². The predicted octanol–water partition coefficient (Wildman–Crippen LogP) is 48.8. The smallest absolute Gasteiger partial charge is 0.222 e. The third-order valence-electron chi connectivity index (χ3n) is 31.8. The Morgan fingerprint density at radius 1 is 0.156 bits per heavy atom. The molecular weight excluding hydrogens is 1630 g/mol. The number of unbranched alkanes of at least 4 members (excludes halogenated alkanes) is 117. The highest BCUT2D eigenvalue weighted by Crippen LogP contribution is 2.26. The molecule has 802 valence electrons. The van der Waals surface area contributed by atoms with Crippen molar-refractivity contribution in [2.45, 2.75) is 785 Å². The van der Waals surface area contributed by atoms with Crippen molar-refractivity contribution in [3.63, 3.8) is 0 Å². The topological polar surface area (TPSA) is 37.4 Å². The largest absolute Gasteiger partial charge is 0.346 e. The van der Waals surface area contributed by atoms with E-state index in [1.165, 1.54) is 758 Å². The van der Waals surface area contributed by atoms with Gasteiger partial charge in [0.05, 0.1) is 0 Å². The molecule has 0 N–H and O–H groups in total. The van der Waals surface area contributed by atoms with Crippen LogP contribution in [0.3, 0.4) is 0 Å². The maximum Gasteiger partial charge on any atom is 0.222 e. The number of ketones is 1. The van der Waals surface area contributed by atoms with E-state index in [0.29, 0.717) is 6.42 Å². The molecule has 0 radical (unpaired) electrons.